The van der Waals surface area contributed by atoms with E-state index in [2.05, 4.69) is 10.6 Å². The van der Waals surface area contributed by atoms with Gasteiger partial charge in [-0.1, -0.05) is 18.2 Å². The molecule has 0 atom stereocenters. The third kappa shape index (κ3) is 5.85. The molecule has 6 heteroatoms. The summed E-state index contributed by atoms with van der Waals surface area (Å²) in [6.45, 7) is 5.72. The summed E-state index contributed by atoms with van der Waals surface area (Å²) >= 11 is 0. The summed E-state index contributed by atoms with van der Waals surface area (Å²) in [6, 6.07) is 18.1. The van der Waals surface area contributed by atoms with E-state index in [0.717, 1.165) is 22.4 Å². The minimum absolute atomic E-state index is 0.126. The molecule has 0 heterocycles. The highest BCUT2D eigenvalue weighted by Crippen LogP contribution is 2.26. The van der Waals surface area contributed by atoms with Crippen LogP contribution in [0.2, 0.25) is 0 Å². The average molecular weight is 418 g/mol. The van der Waals surface area contributed by atoms with Gasteiger partial charge in [0, 0.05) is 11.3 Å². The van der Waals surface area contributed by atoms with Gasteiger partial charge in [0.05, 0.1) is 12.8 Å². The van der Waals surface area contributed by atoms with E-state index in [1.54, 1.807) is 31.4 Å². The van der Waals surface area contributed by atoms with E-state index in [-0.39, 0.29) is 18.4 Å². The van der Waals surface area contributed by atoms with Gasteiger partial charge in [0.1, 0.15) is 11.5 Å². The molecular formula is C25H26N2O4. The standard InChI is InChI=1S/C25H26N2O4/c1-16-5-7-18(3)21(13-16)26-24(28)15-31-20-10-8-19(9-11-20)25(29)27-22-14-17(2)6-12-23(22)30-4/h5-14H,15H2,1-4H3,(H,26,28)(H,27,29). The molecule has 0 radical (unpaired) electrons. The maximum Gasteiger partial charge on any atom is 0.262 e. The number of carbonyl (C=O) groups is 2. The molecule has 2 amide bonds. The summed E-state index contributed by atoms with van der Waals surface area (Å²) in [5.74, 6) is 0.583. The first kappa shape index (κ1) is 21.9. The number of anilines is 2. The van der Waals surface area contributed by atoms with E-state index in [9.17, 15) is 9.59 Å². The Balaban J connectivity index is 1.57. The number of amides is 2. The number of hydrogen-bond acceptors (Lipinski definition) is 4. The molecule has 6 nitrogen and oxygen atoms in total. The number of carbonyl (C=O) groups excluding carboxylic acids is 2. The van der Waals surface area contributed by atoms with Crippen LogP contribution in [0.15, 0.2) is 60.7 Å². The monoisotopic (exact) mass is 418 g/mol. The quantitative estimate of drug-likeness (QED) is 0.573. The highest BCUT2D eigenvalue weighted by atomic mass is 16.5. The maximum absolute atomic E-state index is 12.6. The Morgan fingerprint density at radius 2 is 1.45 bits per heavy atom. The van der Waals surface area contributed by atoms with Crippen LogP contribution in [0, 0.1) is 20.8 Å². The van der Waals surface area contributed by atoms with Gasteiger partial charge in [0.25, 0.3) is 11.8 Å². The molecule has 3 aromatic carbocycles. The number of nitrogens with one attached hydrogen (secondary N) is 2. The lowest BCUT2D eigenvalue weighted by atomic mass is 10.1. The molecule has 0 unspecified atom stereocenters. The van der Waals surface area contributed by atoms with Crippen LogP contribution in [0.1, 0.15) is 27.0 Å². The van der Waals surface area contributed by atoms with Gasteiger partial charge in [-0.3, -0.25) is 9.59 Å². The SMILES string of the molecule is COc1ccc(C)cc1NC(=O)c1ccc(OCC(=O)Nc2cc(C)ccc2C)cc1. The van der Waals surface area contributed by atoms with Crippen LogP contribution in [0.5, 0.6) is 11.5 Å². The molecule has 0 saturated heterocycles. The number of aryl methyl sites for hydroxylation is 3. The number of methoxy groups -OCH3 is 1. The van der Waals surface area contributed by atoms with Crippen molar-refractivity contribution in [2.45, 2.75) is 20.8 Å². The van der Waals surface area contributed by atoms with Crippen molar-refractivity contribution in [3.8, 4) is 11.5 Å². The van der Waals surface area contributed by atoms with Gasteiger partial charge in [0.15, 0.2) is 6.61 Å². The lowest BCUT2D eigenvalue weighted by molar-refractivity contribution is -0.118. The van der Waals surface area contributed by atoms with Gasteiger partial charge in [0.2, 0.25) is 0 Å². The van der Waals surface area contributed by atoms with Crippen LogP contribution in [-0.2, 0) is 4.79 Å². The molecule has 160 valence electrons. The van der Waals surface area contributed by atoms with Crippen molar-refractivity contribution >= 4 is 23.2 Å². The topological polar surface area (TPSA) is 76.7 Å². The third-order valence-corrected chi connectivity index (χ3v) is 4.76. The second-order valence-corrected chi connectivity index (χ2v) is 7.34. The van der Waals surface area contributed by atoms with Crippen molar-refractivity contribution in [2.75, 3.05) is 24.4 Å². The predicted molar refractivity (Wildman–Crippen MR) is 122 cm³/mol. The second-order valence-electron chi connectivity index (χ2n) is 7.34. The predicted octanol–water partition coefficient (Wildman–Crippen LogP) is 4.89. The summed E-state index contributed by atoms with van der Waals surface area (Å²) in [6.07, 6.45) is 0. The fraction of sp³-hybridized carbons (Fsp3) is 0.200. The first-order valence-electron chi connectivity index (χ1n) is 9.91. The van der Waals surface area contributed by atoms with E-state index in [0.29, 0.717) is 22.7 Å². The molecule has 0 aromatic heterocycles. The smallest absolute Gasteiger partial charge is 0.262 e. The van der Waals surface area contributed by atoms with Gasteiger partial charge in [-0.15, -0.1) is 0 Å². The van der Waals surface area contributed by atoms with E-state index < -0.39 is 0 Å². The molecule has 2 N–H and O–H groups in total. The Bertz CT molecular complexity index is 1090. The lowest BCUT2D eigenvalue weighted by Gasteiger charge is -2.12. The van der Waals surface area contributed by atoms with E-state index >= 15 is 0 Å². The molecule has 0 aliphatic carbocycles. The molecule has 0 aliphatic rings. The molecule has 0 fully saturated rings. The van der Waals surface area contributed by atoms with Gasteiger partial charge >= 0.3 is 0 Å². The van der Waals surface area contributed by atoms with Crippen molar-refractivity contribution in [3.05, 3.63) is 82.9 Å². The Morgan fingerprint density at radius 3 is 2.13 bits per heavy atom. The van der Waals surface area contributed by atoms with Crippen LogP contribution in [0.25, 0.3) is 0 Å². The largest absolute Gasteiger partial charge is 0.495 e. The van der Waals surface area contributed by atoms with Crippen LogP contribution < -0.4 is 20.1 Å². The molecule has 0 spiro atoms. The Hall–Kier alpha value is -3.80. The number of ether oxygens (including phenoxy) is 2. The number of hydrogen-bond donors (Lipinski definition) is 2. The fourth-order valence-corrected chi connectivity index (χ4v) is 3.02. The van der Waals surface area contributed by atoms with Crippen molar-refractivity contribution in [2.24, 2.45) is 0 Å². The molecule has 31 heavy (non-hydrogen) atoms. The molecule has 3 rings (SSSR count). The molecule has 0 aliphatic heterocycles. The Labute approximate surface area is 182 Å². The molecule has 0 bridgehead atoms. The summed E-state index contributed by atoms with van der Waals surface area (Å²) < 4.78 is 10.8. The first-order chi connectivity index (χ1) is 14.9. The van der Waals surface area contributed by atoms with Gasteiger partial charge in [-0.05, 0) is 79.9 Å². The average Bonchev–Trinajstić information content (AvgIpc) is 2.75. The number of benzene rings is 3. The molecule has 0 saturated carbocycles. The first-order valence-corrected chi connectivity index (χ1v) is 9.91. The Morgan fingerprint density at radius 1 is 0.806 bits per heavy atom. The minimum atomic E-state index is -0.261. The number of rotatable bonds is 7. The van der Waals surface area contributed by atoms with Crippen molar-refractivity contribution in [1.29, 1.82) is 0 Å². The van der Waals surface area contributed by atoms with E-state index in [1.165, 1.54) is 0 Å². The summed E-state index contributed by atoms with van der Waals surface area (Å²) in [4.78, 5) is 24.8. The summed E-state index contributed by atoms with van der Waals surface area (Å²) in [7, 11) is 1.56. The van der Waals surface area contributed by atoms with Gasteiger partial charge in [-0.2, -0.15) is 0 Å². The van der Waals surface area contributed by atoms with Crippen molar-refractivity contribution in [1.82, 2.24) is 0 Å². The van der Waals surface area contributed by atoms with Crippen LogP contribution in [0.4, 0.5) is 11.4 Å². The summed E-state index contributed by atoms with van der Waals surface area (Å²) in [5, 5.41) is 5.71. The normalized spacial score (nSPS) is 10.3. The van der Waals surface area contributed by atoms with Crippen molar-refractivity contribution < 1.29 is 19.1 Å². The van der Waals surface area contributed by atoms with Gasteiger partial charge in [-0.25, -0.2) is 0 Å². The zero-order valence-corrected chi connectivity index (χ0v) is 18.1. The second kappa shape index (κ2) is 9.80. The van der Waals surface area contributed by atoms with Gasteiger partial charge < -0.3 is 20.1 Å². The highest BCUT2D eigenvalue weighted by molar-refractivity contribution is 6.05. The van der Waals surface area contributed by atoms with E-state index in [1.807, 2.05) is 57.2 Å². The maximum atomic E-state index is 12.6. The van der Waals surface area contributed by atoms with Crippen molar-refractivity contribution in [3.63, 3.8) is 0 Å². The Kier molecular flexibility index (Phi) is 6.92. The molecule has 3 aromatic rings. The molecular weight excluding hydrogens is 392 g/mol. The lowest BCUT2D eigenvalue weighted by Crippen LogP contribution is -2.20. The van der Waals surface area contributed by atoms with Crippen LogP contribution in [-0.4, -0.2) is 25.5 Å². The zero-order chi connectivity index (χ0) is 22.4. The third-order valence-electron chi connectivity index (χ3n) is 4.76. The fourth-order valence-electron chi connectivity index (χ4n) is 3.02. The summed E-state index contributed by atoms with van der Waals surface area (Å²) in [5.41, 5.74) is 4.91. The van der Waals surface area contributed by atoms with Crippen LogP contribution >= 0.6 is 0 Å². The van der Waals surface area contributed by atoms with Crippen LogP contribution in [0.3, 0.4) is 0 Å². The van der Waals surface area contributed by atoms with E-state index in [4.69, 9.17) is 9.47 Å². The zero-order valence-electron chi connectivity index (χ0n) is 18.1. The minimum Gasteiger partial charge on any atom is -0.495 e. The highest BCUT2D eigenvalue weighted by Gasteiger charge is 2.11.